The third kappa shape index (κ3) is 2.90. The number of amides is 1. The second kappa shape index (κ2) is 5.23. The molecule has 2 aromatic rings. The minimum absolute atomic E-state index is 0.0882. The van der Waals surface area contributed by atoms with Gasteiger partial charge in [-0.3, -0.25) is 4.79 Å². The normalized spacial score (nSPS) is 10.4. The number of hydrogen-bond acceptors (Lipinski definition) is 2. The van der Waals surface area contributed by atoms with Gasteiger partial charge in [0.1, 0.15) is 5.82 Å². The molecule has 1 N–H and O–H groups in total. The van der Waals surface area contributed by atoms with E-state index in [2.05, 4.69) is 10.3 Å². The molecule has 0 aliphatic heterocycles. The molecule has 18 heavy (non-hydrogen) atoms. The summed E-state index contributed by atoms with van der Waals surface area (Å²) >= 11 is 5.86. The van der Waals surface area contributed by atoms with Crippen molar-refractivity contribution in [1.82, 2.24) is 9.55 Å². The van der Waals surface area contributed by atoms with Gasteiger partial charge in [-0.2, -0.15) is 0 Å². The number of nitrogens with zero attached hydrogens (tertiary/aromatic N) is 2. The first-order valence-corrected chi connectivity index (χ1v) is 5.96. The van der Waals surface area contributed by atoms with Gasteiger partial charge in [-0.15, -0.1) is 0 Å². The number of hydrogen-bond donors (Lipinski definition) is 1. The van der Waals surface area contributed by atoms with Crippen molar-refractivity contribution < 1.29 is 4.79 Å². The highest BCUT2D eigenvalue weighted by Gasteiger charge is 2.09. The van der Waals surface area contributed by atoms with E-state index in [0.717, 1.165) is 17.1 Å². The fraction of sp³-hybridized carbons (Fsp3) is 0.231. The lowest BCUT2D eigenvalue weighted by Crippen LogP contribution is -2.17. The number of aromatic nitrogens is 2. The number of benzene rings is 1. The molecule has 0 aliphatic carbocycles. The number of aryl methyl sites for hydroxylation is 2. The van der Waals surface area contributed by atoms with Gasteiger partial charge in [0, 0.05) is 30.2 Å². The number of rotatable bonds is 3. The molecular weight excluding hydrogens is 250 g/mol. The van der Waals surface area contributed by atoms with Gasteiger partial charge < -0.3 is 9.88 Å². The Balaban J connectivity index is 2.05. The molecule has 0 aliphatic rings. The molecule has 94 valence electrons. The molecule has 1 aromatic carbocycles. The van der Waals surface area contributed by atoms with E-state index >= 15 is 0 Å². The third-order valence-corrected chi connectivity index (χ3v) is 2.94. The van der Waals surface area contributed by atoms with E-state index in [1.54, 1.807) is 18.3 Å². The monoisotopic (exact) mass is 263 g/mol. The van der Waals surface area contributed by atoms with Crippen LogP contribution in [0.3, 0.4) is 0 Å². The van der Waals surface area contributed by atoms with Gasteiger partial charge in [-0.25, -0.2) is 4.98 Å². The van der Waals surface area contributed by atoms with Crippen molar-refractivity contribution >= 4 is 23.2 Å². The molecule has 0 saturated heterocycles. The van der Waals surface area contributed by atoms with Crippen LogP contribution >= 0.6 is 11.6 Å². The van der Waals surface area contributed by atoms with Gasteiger partial charge >= 0.3 is 0 Å². The zero-order valence-corrected chi connectivity index (χ0v) is 11.0. The first-order valence-electron chi connectivity index (χ1n) is 5.58. The van der Waals surface area contributed by atoms with Crippen LogP contribution in [0, 0.1) is 6.92 Å². The van der Waals surface area contributed by atoms with Crippen LogP contribution in [0.5, 0.6) is 0 Å². The van der Waals surface area contributed by atoms with E-state index < -0.39 is 0 Å². The quantitative estimate of drug-likeness (QED) is 0.925. The van der Waals surface area contributed by atoms with Crippen LogP contribution in [-0.4, -0.2) is 15.5 Å². The Labute approximate surface area is 111 Å². The van der Waals surface area contributed by atoms with E-state index in [0.29, 0.717) is 5.02 Å². The molecular formula is C13H14ClN3O. The number of anilines is 1. The Morgan fingerprint density at radius 3 is 2.89 bits per heavy atom. The van der Waals surface area contributed by atoms with Crippen LogP contribution in [0.4, 0.5) is 5.69 Å². The van der Waals surface area contributed by atoms with Crippen LogP contribution in [0.1, 0.15) is 11.4 Å². The zero-order valence-electron chi connectivity index (χ0n) is 10.3. The Bertz CT molecular complexity index is 577. The van der Waals surface area contributed by atoms with E-state index in [4.69, 9.17) is 11.6 Å². The van der Waals surface area contributed by atoms with Crippen molar-refractivity contribution in [2.45, 2.75) is 13.3 Å². The van der Waals surface area contributed by atoms with Crippen molar-refractivity contribution in [2.75, 3.05) is 5.32 Å². The van der Waals surface area contributed by atoms with E-state index in [1.165, 1.54) is 0 Å². The summed E-state index contributed by atoms with van der Waals surface area (Å²) in [5, 5.41) is 3.51. The highest BCUT2D eigenvalue weighted by molar-refractivity contribution is 6.30. The highest BCUT2D eigenvalue weighted by atomic mass is 35.5. The van der Waals surface area contributed by atoms with E-state index in [-0.39, 0.29) is 12.3 Å². The smallest absolute Gasteiger partial charge is 0.231 e. The molecule has 4 nitrogen and oxygen atoms in total. The number of nitrogens with one attached hydrogen (secondary N) is 1. The molecule has 2 rings (SSSR count). The van der Waals surface area contributed by atoms with E-state index in [9.17, 15) is 4.79 Å². The summed E-state index contributed by atoms with van der Waals surface area (Å²) in [7, 11) is 1.86. The summed E-state index contributed by atoms with van der Waals surface area (Å²) in [6, 6.07) is 5.37. The maximum Gasteiger partial charge on any atom is 0.231 e. The van der Waals surface area contributed by atoms with Gasteiger partial charge in [-0.1, -0.05) is 11.6 Å². The van der Waals surface area contributed by atoms with Gasteiger partial charge in [0.05, 0.1) is 6.42 Å². The lowest BCUT2D eigenvalue weighted by molar-refractivity contribution is -0.115. The molecule has 0 bridgehead atoms. The Morgan fingerprint density at radius 1 is 1.50 bits per heavy atom. The Kier molecular flexibility index (Phi) is 3.67. The summed E-state index contributed by atoms with van der Waals surface area (Å²) < 4.78 is 1.83. The molecule has 0 saturated carbocycles. The molecule has 1 heterocycles. The van der Waals surface area contributed by atoms with Crippen molar-refractivity contribution in [2.24, 2.45) is 7.05 Å². The highest BCUT2D eigenvalue weighted by Crippen LogP contribution is 2.19. The van der Waals surface area contributed by atoms with Gasteiger partial charge in [0.15, 0.2) is 0 Å². The van der Waals surface area contributed by atoms with E-state index in [1.807, 2.05) is 30.8 Å². The SMILES string of the molecule is Cc1cc(Cl)ccc1NC(=O)Cc1nccn1C. The lowest BCUT2D eigenvalue weighted by atomic mass is 10.2. The van der Waals surface area contributed by atoms with Crippen LogP contribution in [0.25, 0.3) is 0 Å². The van der Waals surface area contributed by atoms with Crippen LogP contribution in [-0.2, 0) is 18.3 Å². The van der Waals surface area contributed by atoms with Crippen molar-refractivity contribution in [3.8, 4) is 0 Å². The minimum atomic E-state index is -0.0882. The summed E-state index contributed by atoms with van der Waals surface area (Å²) in [4.78, 5) is 16.0. The van der Waals surface area contributed by atoms with Crippen molar-refractivity contribution in [3.63, 3.8) is 0 Å². The predicted molar refractivity (Wildman–Crippen MR) is 71.7 cm³/mol. The van der Waals surface area contributed by atoms with Gasteiger partial charge in [-0.05, 0) is 30.7 Å². The molecule has 1 aromatic heterocycles. The Morgan fingerprint density at radius 2 is 2.28 bits per heavy atom. The lowest BCUT2D eigenvalue weighted by Gasteiger charge is -2.08. The fourth-order valence-corrected chi connectivity index (χ4v) is 1.90. The number of carbonyl (C=O) groups is 1. The predicted octanol–water partition coefficient (Wildman–Crippen LogP) is 2.56. The molecule has 1 amide bonds. The zero-order chi connectivity index (χ0) is 13.1. The topological polar surface area (TPSA) is 46.9 Å². The van der Waals surface area contributed by atoms with Crippen LogP contribution < -0.4 is 5.32 Å². The number of imidazole rings is 1. The standard InChI is InChI=1S/C13H14ClN3O/c1-9-7-10(14)3-4-11(9)16-13(18)8-12-15-5-6-17(12)2/h3-7H,8H2,1-2H3,(H,16,18). The molecule has 5 heteroatoms. The minimum Gasteiger partial charge on any atom is -0.338 e. The molecule has 0 spiro atoms. The first kappa shape index (κ1) is 12.6. The molecule has 0 fully saturated rings. The largest absolute Gasteiger partial charge is 0.338 e. The average Bonchev–Trinajstić information content (AvgIpc) is 2.69. The molecule has 0 atom stereocenters. The Hall–Kier alpha value is -1.81. The third-order valence-electron chi connectivity index (χ3n) is 2.70. The summed E-state index contributed by atoms with van der Waals surface area (Å²) in [5.74, 6) is 0.647. The second-order valence-electron chi connectivity index (χ2n) is 4.14. The number of halogens is 1. The molecule has 0 radical (unpaired) electrons. The van der Waals surface area contributed by atoms with Crippen LogP contribution in [0.2, 0.25) is 5.02 Å². The molecule has 0 unspecified atom stereocenters. The summed E-state index contributed by atoms with van der Waals surface area (Å²) in [6.07, 6.45) is 3.75. The van der Waals surface area contributed by atoms with Crippen molar-refractivity contribution in [1.29, 1.82) is 0 Å². The maximum atomic E-state index is 11.9. The maximum absolute atomic E-state index is 11.9. The number of carbonyl (C=O) groups excluding carboxylic acids is 1. The van der Waals surface area contributed by atoms with Crippen molar-refractivity contribution in [3.05, 3.63) is 47.0 Å². The second-order valence-corrected chi connectivity index (χ2v) is 4.58. The first-order chi connectivity index (χ1) is 8.56. The van der Waals surface area contributed by atoms with Gasteiger partial charge in [0.25, 0.3) is 0 Å². The summed E-state index contributed by atoms with van der Waals surface area (Å²) in [6.45, 7) is 1.91. The van der Waals surface area contributed by atoms with Crippen LogP contribution in [0.15, 0.2) is 30.6 Å². The van der Waals surface area contributed by atoms with Gasteiger partial charge in [0.2, 0.25) is 5.91 Å². The summed E-state index contributed by atoms with van der Waals surface area (Å²) in [5.41, 5.74) is 1.72. The fourth-order valence-electron chi connectivity index (χ4n) is 1.67. The average molecular weight is 264 g/mol.